The maximum atomic E-state index is 14.6. The van der Waals surface area contributed by atoms with Crippen molar-refractivity contribution in [2.45, 2.75) is 25.8 Å². The van der Waals surface area contributed by atoms with E-state index >= 15 is 0 Å². The fourth-order valence-corrected chi connectivity index (χ4v) is 4.14. The van der Waals surface area contributed by atoms with Gasteiger partial charge < -0.3 is 20.7 Å². The van der Waals surface area contributed by atoms with E-state index in [4.69, 9.17) is 5.73 Å². The first kappa shape index (κ1) is 19.4. The molecule has 0 unspecified atom stereocenters. The van der Waals surface area contributed by atoms with Crippen LogP contribution in [0.4, 0.5) is 15.9 Å². The average Bonchev–Trinajstić information content (AvgIpc) is 3.14. The van der Waals surface area contributed by atoms with Gasteiger partial charge >= 0.3 is 0 Å². The second kappa shape index (κ2) is 8.21. The minimum Gasteiger partial charge on any atom is -0.384 e. The monoisotopic (exact) mass is 389 g/mol. The summed E-state index contributed by atoms with van der Waals surface area (Å²) in [4.78, 5) is 17.2. The highest BCUT2D eigenvalue weighted by atomic mass is 19.1. The molecule has 7 heteroatoms. The lowest BCUT2D eigenvalue weighted by atomic mass is 9.93. The summed E-state index contributed by atoms with van der Waals surface area (Å²) in [6.45, 7) is 3.47. The second-order valence-corrected chi connectivity index (χ2v) is 7.49. The van der Waals surface area contributed by atoms with E-state index in [0.717, 1.165) is 53.2 Å². The fourth-order valence-electron chi connectivity index (χ4n) is 4.14. The molecule has 0 amide bonds. The predicted octanol–water partition coefficient (Wildman–Crippen LogP) is 3.62. The SMILES string of the molecule is Cc1cccc(F)c1-c1cc(NC[C@H]2CCCN2[B]C=O)c2cc(N)ncc2c1. The van der Waals surface area contributed by atoms with E-state index in [9.17, 15) is 9.18 Å². The molecule has 147 valence electrons. The van der Waals surface area contributed by atoms with Crippen LogP contribution in [-0.4, -0.2) is 42.5 Å². The topological polar surface area (TPSA) is 71.2 Å². The van der Waals surface area contributed by atoms with Gasteiger partial charge in [-0.15, -0.1) is 0 Å². The lowest BCUT2D eigenvalue weighted by Gasteiger charge is -2.23. The van der Waals surface area contributed by atoms with Gasteiger partial charge in [0.05, 0.1) is 6.19 Å². The first-order valence-corrected chi connectivity index (χ1v) is 9.80. The van der Waals surface area contributed by atoms with Crippen LogP contribution >= 0.6 is 0 Å². The summed E-state index contributed by atoms with van der Waals surface area (Å²) >= 11 is 0. The maximum Gasteiger partial charge on any atom is 0.293 e. The third-order valence-electron chi connectivity index (χ3n) is 5.57. The van der Waals surface area contributed by atoms with Crippen molar-refractivity contribution in [3.05, 3.63) is 54.0 Å². The molecule has 1 fully saturated rings. The van der Waals surface area contributed by atoms with Crippen LogP contribution in [0.15, 0.2) is 42.6 Å². The molecule has 1 atom stereocenters. The number of pyridine rings is 1. The number of nitrogen functional groups attached to an aromatic ring is 1. The molecule has 3 N–H and O–H groups in total. The van der Waals surface area contributed by atoms with Crippen LogP contribution in [0.1, 0.15) is 18.4 Å². The Kier molecular flexibility index (Phi) is 5.49. The van der Waals surface area contributed by atoms with Crippen molar-refractivity contribution in [3.8, 4) is 11.1 Å². The van der Waals surface area contributed by atoms with Gasteiger partial charge in [-0.1, -0.05) is 12.1 Å². The minimum absolute atomic E-state index is 0.244. The van der Waals surface area contributed by atoms with Gasteiger partial charge in [-0.3, -0.25) is 0 Å². The van der Waals surface area contributed by atoms with Gasteiger partial charge in [0.15, 0.2) is 0 Å². The largest absolute Gasteiger partial charge is 0.384 e. The van der Waals surface area contributed by atoms with Crippen LogP contribution < -0.4 is 11.1 Å². The number of fused-ring (bicyclic) bond motifs is 1. The molecule has 3 aromatic rings. The number of anilines is 2. The van der Waals surface area contributed by atoms with Crippen LogP contribution in [0, 0.1) is 12.7 Å². The Labute approximate surface area is 170 Å². The molecule has 1 aliphatic heterocycles. The Morgan fingerprint density at radius 1 is 1.38 bits per heavy atom. The standard InChI is InChI=1S/C22H23BFN4O/c1-14-4-2-6-19(24)22(14)15-8-16-11-27-21(25)10-18(16)20(9-15)26-12-17-5-3-7-28(17)23-13-29/h2,4,6,8-11,13,17,26H,3,5,7,12H2,1H3,(H2,25,27)/t17-/m1/s1. The highest BCUT2D eigenvalue weighted by Gasteiger charge is 2.24. The van der Waals surface area contributed by atoms with E-state index in [0.29, 0.717) is 17.9 Å². The van der Waals surface area contributed by atoms with Crippen LogP contribution in [0.5, 0.6) is 0 Å². The van der Waals surface area contributed by atoms with Crippen molar-refractivity contribution in [3.63, 3.8) is 0 Å². The van der Waals surface area contributed by atoms with Gasteiger partial charge in [-0.2, -0.15) is 0 Å². The van der Waals surface area contributed by atoms with Gasteiger partial charge in [0.1, 0.15) is 11.6 Å². The average molecular weight is 389 g/mol. The van der Waals surface area contributed by atoms with Gasteiger partial charge in [-0.25, -0.2) is 9.37 Å². The quantitative estimate of drug-likeness (QED) is 0.498. The molecule has 1 aliphatic rings. The number of hydrogen-bond donors (Lipinski definition) is 2. The number of carbonyl (C=O) groups is 1. The molecule has 0 bridgehead atoms. The molecular formula is C22H23BFN4O. The van der Waals surface area contributed by atoms with Crippen molar-refractivity contribution in [2.75, 3.05) is 24.1 Å². The molecule has 0 spiro atoms. The second-order valence-electron chi connectivity index (χ2n) is 7.49. The zero-order chi connectivity index (χ0) is 20.4. The number of nitrogens with two attached hydrogens (primary N) is 1. The van der Waals surface area contributed by atoms with Crippen molar-refractivity contribution in [1.82, 2.24) is 9.79 Å². The number of halogens is 1. The van der Waals surface area contributed by atoms with E-state index < -0.39 is 0 Å². The van der Waals surface area contributed by atoms with Crippen LogP contribution in [-0.2, 0) is 4.79 Å². The van der Waals surface area contributed by atoms with Gasteiger partial charge in [-0.05, 0) is 61.7 Å². The number of benzene rings is 2. The Hall–Kier alpha value is -2.93. The van der Waals surface area contributed by atoms with Crippen molar-refractivity contribution in [2.24, 2.45) is 0 Å². The molecule has 1 saturated heterocycles. The third-order valence-corrected chi connectivity index (χ3v) is 5.57. The van der Waals surface area contributed by atoms with Gasteiger partial charge in [0, 0.05) is 40.8 Å². The molecule has 5 nitrogen and oxygen atoms in total. The highest BCUT2D eigenvalue weighted by molar-refractivity contribution is 6.64. The van der Waals surface area contributed by atoms with E-state index in [1.54, 1.807) is 19.7 Å². The molecule has 1 radical (unpaired) electrons. The highest BCUT2D eigenvalue weighted by Crippen LogP contribution is 2.34. The zero-order valence-electron chi connectivity index (χ0n) is 16.4. The summed E-state index contributed by atoms with van der Waals surface area (Å²) in [5.41, 5.74) is 9.06. The molecule has 29 heavy (non-hydrogen) atoms. The van der Waals surface area contributed by atoms with Gasteiger partial charge in [0.2, 0.25) is 0 Å². The van der Waals surface area contributed by atoms with Crippen LogP contribution in [0.3, 0.4) is 0 Å². The molecule has 0 aliphatic carbocycles. The summed E-state index contributed by atoms with van der Waals surface area (Å²) in [5.74, 6) is 0.188. The van der Waals surface area contributed by atoms with E-state index in [1.165, 1.54) is 6.07 Å². The van der Waals surface area contributed by atoms with Gasteiger partial charge in [0.25, 0.3) is 7.41 Å². The summed E-state index contributed by atoms with van der Waals surface area (Å²) < 4.78 is 14.6. The van der Waals surface area contributed by atoms with Crippen LogP contribution in [0.2, 0.25) is 0 Å². The first-order chi connectivity index (χ1) is 14.1. The van der Waals surface area contributed by atoms with E-state index in [-0.39, 0.29) is 11.9 Å². The minimum atomic E-state index is -0.249. The Balaban J connectivity index is 1.73. The number of nitrogens with one attached hydrogen (secondary N) is 1. The van der Waals surface area contributed by atoms with Crippen molar-refractivity contribution >= 4 is 35.9 Å². The van der Waals surface area contributed by atoms with E-state index in [1.807, 2.05) is 31.2 Å². The number of aryl methyl sites for hydroxylation is 1. The lowest BCUT2D eigenvalue weighted by molar-refractivity contribution is 0.429. The lowest BCUT2D eigenvalue weighted by Crippen LogP contribution is -2.38. The summed E-state index contributed by atoms with van der Waals surface area (Å²) in [6, 6.07) is 11.1. The molecule has 1 aromatic heterocycles. The number of rotatable bonds is 6. The van der Waals surface area contributed by atoms with Crippen molar-refractivity contribution in [1.29, 1.82) is 0 Å². The number of hydrogen-bond acceptors (Lipinski definition) is 5. The molecule has 0 saturated carbocycles. The summed E-state index contributed by atoms with van der Waals surface area (Å²) in [6.07, 6.45) is 4.63. The molecule has 2 aromatic carbocycles. The zero-order valence-corrected chi connectivity index (χ0v) is 16.4. The van der Waals surface area contributed by atoms with Crippen LogP contribution in [0.25, 0.3) is 21.9 Å². The predicted molar refractivity (Wildman–Crippen MR) is 117 cm³/mol. The third kappa shape index (κ3) is 3.96. The number of aromatic nitrogens is 1. The number of nitrogens with zero attached hydrogens (tertiary/aromatic N) is 2. The number of carbonyl (C=O) groups excluding carboxylic acids is 1. The Bertz CT molecular complexity index is 1040. The normalized spacial score (nSPS) is 16.8. The fraction of sp³-hybridized carbons (Fsp3) is 0.273. The maximum absolute atomic E-state index is 14.6. The molecular weight excluding hydrogens is 366 g/mol. The Morgan fingerprint density at radius 2 is 2.24 bits per heavy atom. The van der Waals surface area contributed by atoms with Crippen molar-refractivity contribution < 1.29 is 9.18 Å². The molecule has 4 rings (SSSR count). The summed E-state index contributed by atoms with van der Waals surface area (Å²) in [7, 11) is 1.61. The molecule has 2 heterocycles. The Morgan fingerprint density at radius 3 is 3.03 bits per heavy atom. The smallest absolute Gasteiger partial charge is 0.293 e. The first-order valence-electron chi connectivity index (χ1n) is 9.80. The summed E-state index contributed by atoms with van der Waals surface area (Å²) in [5, 5.41) is 5.35. The van der Waals surface area contributed by atoms with E-state index in [2.05, 4.69) is 15.1 Å².